The van der Waals surface area contributed by atoms with E-state index in [0.29, 0.717) is 22.4 Å². The summed E-state index contributed by atoms with van der Waals surface area (Å²) in [5.74, 6) is 1.08. The summed E-state index contributed by atoms with van der Waals surface area (Å²) in [7, 11) is 0. The van der Waals surface area contributed by atoms with Crippen LogP contribution in [-0.4, -0.2) is 12.5 Å². The predicted molar refractivity (Wildman–Crippen MR) is 129 cm³/mol. The Bertz CT molecular complexity index is 1250. The van der Waals surface area contributed by atoms with Gasteiger partial charge in [0, 0.05) is 22.1 Å². The van der Waals surface area contributed by atoms with Gasteiger partial charge in [-0.2, -0.15) is 0 Å². The number of allylic oxidation sites excluding steroid dienone is 6. The molecule has 1 N–H and O–H groups in total. The van der Waals surface area contributed by atoms with Gasteiger partial charge in [0.05, 0.1) is 17.7 Å². The molecule has 1 aromatic heterocycles. The minimum atomic E-state index is -0.141. The zero-order valence-electron chi connectivity index (χ0n) is 17.1. The van der Waals surface area contributed by atoms with E-state index in [1.807, 2.05) is 36.4 Å². The Balaban J connectivity index is 1.50. The van der Waals surface area contributed by atoms with Gasteiger partial charge in [0.2, 0.25) is 0 Å². The Morgan fingerprint density at radius 3 is 2.94 bits per heavy atom. The zero-order chi connectivity index (χ0) is 21.4. The third kappa shape index (κ3) is 3.82. The lowest BCUT2D eigenvalue weighted by Crippen LogP contribution is -2.31. The summed E-state index contributed by atoms with van der Waals surface area (Å²) in [5.41, 5.74) is 3.22. The number of amides is 1. The second-order valence-electron chi connectivity index (χ2n) is 7.85. The molecule has 2 atom stereocenters. The number of hydrogen-bond acceptors (Lipinski definition) is 3. The molecule has 0 radical (unpaired) electrons. The summed E-state index contributed by atoms with van der Waals surface area (Å²) < 4.78 is 6.75. The monoisotopic (exact) mass is 447 g/mol. The highest BCUT2D eigenvalue weighted by Crippen LogP contribution is 2.40. The Morgan fingerprint density at radius 1 is 1.16 bits per heavy atom. The molecule has 1 aliphatic carbocycles. The van der Waals surface area contributed by atoms with Gasteiger partial charge in [-0.1, -0.05) is 85.3 Å². The van der Waals surface area contributed by atoms with Crippen molar-refractivity contribution in [2.24, 2.45) is 5.92 Å². The Morgan fingerprint density at radius 2 is 2.03 bits per heavy atom. The van der Waals surface area contributed by atoms with Gasteiger partial charge in [-0.05, 0) is 23.1 Å². The minimum Gasteiger partial charge on any atom is -0.493 e. The number of carbonyl (C=O) groups is 1. The van der Waals surface area contributed by atoms with Crippen molar-refractivity contribution in [2.75, 3.05) is 6.61 Å². The number of ether oxygens (including phenoxy) is 1. The van der Waals surface area contributed by atoms with E-state index in [0.717, 1.165) is 39.0 Å². The maximum Gasteiger partial charge on any atom is 0.263 e. The number of para-hydroxylation sites is 1. The normalized spacial score (nSPS) is 20.0. The van der Waals surface area contributed by atoms with E-state index in [-0.39, 0.29) is 11.9 Å². The highest BCUT2D eigenvalue weighted by molar-refractivity contribution is 7.22. The molecule has 2 heterocycles. The lowest BCUT2D eigenvalue weighted by molar-refractivity contribution is 0.0929. The minimum absolute atomic E-state index is 0.0858. The van der Waals surface area contributed by atoms with Crippen molar-refractivity contribution in [3.8, 4) is 5.75 Å². The first-order valence-corrected chi connectivity index (χ1v) is 11.6. The van der Waals surface area contributed by atoms with Crippen molar-refractivity contribution in [1.29, 1.82) is 0 Å². The Kier molecular flexibility index (Phi) is 5.43. The second-order valence-corrected chi connectivity index (χ2v) is 9.25. The van der Waals surface area contributed by atoms with Crippen molar-refractivity contribution in [1.82, 2.24) is 5.32 Å². The maximum atomic E-state index is 13.2. The molecule has 5 heteroatoms. The molecule has 0 fully saturated rings. The summed E-state index contributed by atoms with van der Waals surface area (Å²) in [4.78, 5) is 13.8. The van der Waals surface area contributed by atoms with Gasteiger partial charge in [0.15, 0.2) is 0 Å². The van der Waals surface area contributed by atoms with Crippen LogP contribution < -0.4 is 10.1 Å². The summed E-state index contributed by atoms with van der Waals surface area (Å²) >= 11 is 8.17. The van der Waals surface area contributed by atoms with Crippen LogP contribution >= 0.6 is 22.9 Å². The van der Waals surface area contributed by atoms with Crippen LogP contribution in [0.1, 0.15) is 40.2 Å². The number of rotatable bonds is 3. The lowest BCUT2D eigenvalue weighted by atomic mass is 10.0. The summed E-state index contributed by atoms with van der Waals surface area (Å²) in [6, 6.07) is 13.8. The molecule has 5 rings (SSSR count). The van der Waals surface area contributed by atoms with Crippen LogP contribution in [0.5, 0.6) is 5.75 Å². The number of halogens is 1. The summed E-state index contributed by atoms with van der Waals surface area (Å²) in [6.07, 6.45) is 11.4. The number of carbonyl (C=O) groups excluding carboxylic acids is 1. The van der Waals surface area contributed by atoms with Gasteiger partial charge in [-0.25, -0.2) is 0 Å². The maximum absolute atomic E-state index is 13.2. The molecule has 2 aliphatic rings. The molecule has 31 heavy (non-hydrogen) atoms. The van der Waals surface area contributed by atoms with Gasteiger partial charge in [-0.15, -0.1) is 11.3 Å². The second kappa shape index (κ2) is 8.37. The van der Waals surface area contributed by atoms with Crippen LogP contribution in [0.4, 0.5) is 0 Å². The largest absolute Gasteiger partial charge is 0.493 e. The highest BCUT2D eigenvalue weighted by Gasteiger charge is 2.26. The number of fused-ring (bicyclic) bond motifs is 2. The average molecular weight is 448 g/mol. The highest BCUT2D eigenvalue weighted by atomic mass is 35.5. The topological polar surface area (TPSA) is 38.3 Å². The van der Waals surface area contributed by atoms with E-state index in [9.17, 15) is 4.79 Å². The van der Waals surface area contributed by atoms with E-state index in [1.54, 1.807) is 0 Å². The smallest absolute Gasteiger partial charge is 0.263 e. The van der Waals surface area contributed by atoms with Gasteiger partial charge >= 0.3 is 0 Å². The molecule has 2 aromatic carbocycles. The fraction of sp³-hybridized carbons (Fsp3) is 0.192. The Labute approximate surface area is 190 Å². The van der Waals surface area contributed by atoms with E-state index >= 15 is 0 Å². The van der Waals surface area contributed by atoms with Crippen LogP contribution in [0.15, 0.2) is 72.8 Å². The van der Waals surface area contributed by atoms with Crippen LogP contribution in [0.2, 0.25) is 5.02 Å². The van der Waals surface area contributed by atoms with Crippen LogP contribution in [0.25, 0.3) is 15.7 Å². The molecular weight excluding hydrogens is 426 g/mol. The first kappa shape index (κ1) is 20.1. The van der Waals surface area contributed by atoms with Crippen LogP contribution in [0, 0.1) is 5.92 Å². The van der Waals surface area contributed by atoms with Crippen molar-refractivity contribution in [2.45, 2.75) is 19.4 Å². The van der Waals surface area contributed by atoms with E-state index in [1.165, 1.54) is 11.3 Å². The van der Waals surface area contributed by atoms with Crippen molar-refractivity contribution >= 4 is 44.5 Å². The third-order valence-electron chi connectivity index (χ3n) is 5.71. The van der Waals surface area contributed by atoms with E-state index < -0.39 is 0 Å². The number of thiophene rings is 1. The van der Waals surface area contributed by atoms with Gasteiger partial charge in [-0.3, -0.25) is 4.79 Å². The number of nitrogens with one attached hydrogen (secondary N) is 1. The predicted octanol–water partition coefficient (Wildman–Crippen LogP) is 6.95. The van der Waals surface area contributed by atoms with Crippen molar-refractivity contribution in [3.05, 3.63) is 93.9 Å². The SMILES string of the molecule is CC1C=CC=C(c2cccc3c(Cl)c(C(=O)NC4CCOc5ccccc54)sc23)C=C1. The summed E-state index contributed by atoms with van der Waals surface area (Å²) in [6.45, 7) is 2.74. The standard InChI is InChI=1S/C26H22ClNO2S/c1-16-6-4-7-17(13-12-16)18-9-5-10-20-23(27)25(31-24(18)20)26(29)28-21-14-15-30-22-11-3-2-8-19(21)22/h2-13,16,21H,14-15H2,1H3,(H,28,29). The molecule has 0 saturated heterocycles. The summed E-state index contributed by atoms with van der Waals surface area (Å²) in [5, 5.41) is 4.60. The molecule has 1 amide bonds. The molecule has 156 valence electrons. The molecule has 0 saturated carbocycles. The number of benzene rings is 2. The molecular formula is C26H22ClNO2S. The van der Waals surface area contributed by atoms with E-state index in [4.69, 9.17) is 16.3 Å². The Hall–Kier alpha value is -2.82. The van der Waals surface area contributed by atoms with Crippen molar-refractivity contribution in [3.63, 3.8) is 0 Å². The molecule has 3 nitrogen and oxygen atoms in total. The molecule has 3 aromatic rings. The van der Waals surface area contributed by atoms with E-state index in [2.05, 4.69) is 48.7 Å². The first-order chi connectivity index (χ1) is 15.1. The fourth-order valence-electron chi connectivity index (χ4n) is 4.07. The molecule has 0 bridgehead atoms. The quantitative estimate of drug-likeness (QED) is 0.471. The molecule has 2 unspecified atom stereocenters. The fourth-order valence-corrected chi connectivity index (χ4v) is 5.61. The zero-order valence-corrected chi connectivity index (χ0v) is 18.7. The van der Waals surface area contributed by atoms with Gasteiger partial charge in [0.1, 0.15) is 10.6 Å². The van der Waals surface area contributed by atoms with Gasteiger partial charge in [0.25, 0.3) is 5.91 Å². The van der Waals surface area contributed by atoms with Gasteiger partial charge < -0.3 is 10.1 Å². The average Bonchev–Trinajstić information content (AvgIpc) is 2.98. The molecule has 0 spiro atoms. The number of hydrogen-bond donors (Lipinski definition) is 1. The lowest BCUT2D eigenvalue weighted by Gasteiger charge is -2.26. The third-order valence-corrected chi connectivity index (χ3v) is 7.45. The molecule has 1 aliphatic heterocycles. The first-order valence-electron chi connectivity index (χ1n) is 10.4. The van der Waals surface area contributed by atoms with Crippen molar-refractivity contribution < 1.29 is 9.53 Å². The van der Waals surface area contributed by atoms with Crippen LogP contribution in [-0.2, 0) is 0 Å². The van der Waals surface area contributed by atoms with Crippen LogP contribution in [0.3, 0.4) is 0 Å².